The molecule has 12 N–H and O–H groups in total. The summed E-state index contributed by atoms with van der Waals surface area (Å²) in [7, 11) is -26.8. The second-order valence-electron chi connectivity index (χ2n) is 6.66. The Morgan fingerprint density at radius 1 is 0.457 bits per heavy atom. The first-order valence-electron chi connectivity index (χ1n) is 10.2. The monoisotopic (exact) mass is 822 g/mol. The third kappa shape index (κ3) is 172. The van der Waals surface area contributed by atoms with Crippen LogP contribution in [-0.2, 0) is 54.6 Å². The van der Waals surface area contributed by atoms with Crippen LogP contribution in [0.3, 0.4) is 0 Å². The predicted octanol–water partition coefficient (Wildman–Crippen LogP) is 0.957. The van der Waals surface area contributed by atoms with Crippen molar-refractivity contribution in [3.8, 4) is 0 Å². The molecule has 0 fully saturated rings. The van der Waals surface area contributed by atoms with Crippen molar-refractivity contribution < 1.29 is 120 Å². The lowest BCUT2D eigenvalue weighted by Crippen LogP contribution is -2.23. The maximum Gasteiger partial charge on any atom is 0.507 e. The summed E-state index contributed by atoms with van der Waals surface area (Å²) < 4.78 is 122. The van der Waals surface area contributed by atoms with Crippen LogP contribution in [0, 0.1) is 0 Å². The standard InChI is InChI=1S/2C6H11N2.6FH2O3P/c2*1-3-8-5-4-7(2)6-8;6*1-5(2,3)4/h2*4-6H,3H2,1-2H3;6*(H2,2,3,4)/q2*+1;;;;;;. The van der Waals surface area contributed by atoms with Gasteiger partial charge in [0, 0.05) is 0 Å². The molecule has 0 unspecified atom stereocenters. The van der Waals surface area contributed by atoms with Gasteiger partial charge in [0.1, 0.15) is 24.8 Å². The van der Waals surface area contributed by atoms with Crippen LogP contribution in [0.25, 0.3) is 0 Å². The van der Waals surface area contributed by atoms with Crippen molar-refractivity contribution in [1.29, 1.82) is 0 Å². The molecule has 2 aromatic heterocycles. The summed E-state index contributed by atoms with van der Waals surface area (Å²) in [5.41, 5.74) is 0. The van der Waals surface area contributed by atoms with Gasteiger partial charge in [-0.3, -0.25) is 58.7 Å². The van der Waals surface area contributed by atoms with Gasteiger partial charge in [-0.05, 0) is 13.8 Å². The normalized spacial score (nSPS) is 11.1. The zero-order valence-corrected chi connectivity index (χ0v) is 28.8. The molecule has 0 bridgehead atoms. The molecule has 280 valence electrons. The number of rotatable bonds is 2. The van der Waals surface area contributed by atoms with Crippen molar-refractivity contribution in [2.24, 2.45) is 14.1 Å². The highest BCUT2D eigenvalue weighted by atomic mass is 31.2. The lowest BCUT2D eigenvalue weighted by atomic mass is 10.7. The Balaban J connectivity index is -0.000000101. The van der Waals surface area contributed by atoms with Crippen LogP contribution in [0.5, 0.6) is 0 Å². The van der Waals surface area contributed by atoms with E-state index in [1.54, 1.807) is 0 Å². The third-order valence-corrected chi connectivity index (χ3v) is 2.38. The molecule has 0 radical (unpaired) electrons. The van der Waals surface area contributed by atoms with Crippen molar-refractivity contribution in [2.45, 2.75) is 26.9 Å². The van der Waals surface area contributed by atoms with Crippen LogP contribution in [0.15, 0.2) is 37.4 Å². The maximum absolute atomic E-state index is 10.4. The van der Waals surface area contributed by atoms with Gasteiger partial charge in [-0.25, -0.2) is 45.7 Å². The van der Waals surface area contributed by atoms with E-state index in [2.05, 4.69) is 48.0 Å². The molecule has 34 heteroatoms. The molecular weight excluding hydrogens is 788 g/mol. The van der Waals surface area contributed by atoms with E-state index in [0.717, 1.165) is 13.1 Å². The molecule has 0 aliphatic heterocycles. The summed E-state index contributed by atoms with van der Waals surface area (Å²) in [6, 6.07) is 0. The number of imidazole rings is 2. The van der Waals surface area contributed by atoms with E-state index in [9.17, 15) is 25.2 Å². The molecule has 0 amide bonds. The van der Waals surface area contributed by atoms with Crippen LogP contribution in [-0.4, -0.2) is 67.9 Å². The Morgan fingerprint density at radius 3 is 0.630 bits per heavy atom. The zero-order valence-electron chi connectivity index (χ0n) is 23.4. The molecule has 0 aliphatic rings. The average Bonchev–Trinajstić information content (AvgIpc) is 3.28. The minimum Gasteiger partial charge on any atom is -0.299 e. The lowest BCUT2D eigenvalue weighted by molar-refractivity contribution is -0.671. The van der Waals surface area contributed by atoms with Crippen LogP contribution in [0.1, 0.15) is 13.8 Å². The molecular formula is C12H34F6N4O18P6+2. The first kappa shape index (κ1) is 57.2. The summed E-state index contributed by atoms with van der Waals surface area (Å²) in [5, 5.41) is 0. The average molecular weight is 822 g/mol. The van der Waals surface area contributed by atoms with Crippen LogP contribution >= 0.6 is 47.4 Å². The van der Waals surface area contributed by atoms with Gasteiger partial charge in [0.15, 0.2) is 0 Å². The largest absolute Gasteiger partial charge is 0.507 e. The quantitative estimate of drug-likeness (QED) is 0.114. The summed E-state index contributed by atoms with van der Waals surface area (Å²) in [6.45, 7) is 6.36. The molecule has 0 saturated carbocycles. The Morgan fingerprint density at radius 2 is 0.587 bits per heavy atom. The van der Waals surface area contributed by atoms with Crippen molar-refractivity contribution in [1.82, 2.24) is 9.13 Å². The molecule has 2 rings (SSSR count). The Labute approximate surface area is 255 Å². The fourth-order valence-corrected chi connectivity index (χ4v) is 1.38. The lowest BCUT2D eigenvalue weighted by Gasteiger charge is -1.81. The van der Waals surface area contributed by atoms with E-state index in [1.165, 1.54) is 0 Å². The zero-order chi connectivity index (χ0) is 39.0. The molecule has 0 aliphatic carbocycles. The molecule has 22 nitrogen and oxygen atoms in total. The van der Waals surface area contributed by atoms with Gasteiger partial charge in [-0.15, -0.1) is 25.2 Å². The fourth-order valence-electron chi connectivity index (χ4n) is 1.38. The predicted molar refractivity (Wildman–Crippen MR) is 141 cm³/mol. The van der Waals surface area contributed by atoms with Gasteiger partial charge in [-0.1, -0.05) is 0 Å². The highest BCUT2D eigenvalue weighted by Gasteiger charge is 2.07. The summed E-state index contributed by atoms with van der Waals surface area (Å²) in [6.07, 6.45) is 12.3. The number of hydrogen-bond donors (Lipinski definition) is 12. The van der Waals surface area contributed by atoms with Crippen molar-refractivity contribution in [3.63, 3.8) is 0 Å². The molecule has 2 aromatic rings. The SMILES string of the molecule is CCn1cc[n+](C)c1.CCn1cc[n+](C)c1.O=P(O)(O)F.O=P(O)(O)F.O=P(O)(O)F.O=P(O)(O)F.O=P(O)(O)F.O=P(O)(O)F. The van der Waals surface area contributed by atoms with Gasteiger partial charge in [0.05, 0.1) is 27.2 Å². The fraction of sp³-hybridized carbons (Fsp3) is 0.500. The Hall–Kier alpha value is -1.10. The van der Waals surface area contributed by atoms with Crippen molar-refractivity contribution in [2.75, 3.05) is 0 Å². The molecule has 46 heavy (non-hydrogen) atoms. The highest BCUT2D eigenvalue weighted by molar-refractivity contribution is 7.46. The number of halogens is 6. The third-order valence-electron chi connectivity index (χ3n) is 2.38. The summed E-state index contributed by atoms with van der Waals surface area (Å²) in [4.78, 5) is 83.6. The van der Waals surface area contributed by atoms with Crippen molar-refractivity contribution >= 4 is 47.4 Å². The van der Waals surface area contributed by atoms with Crippen LogP contribution in [0.2, 0.25) is 0 Å². The number of aryl methyl sites for hydroxylation is 4. The first-order chi connectivity index (χ1) is 19.7. The topological polar surface area (TPSA) is 363 Å². The Kier molecular flexibility index (Phi) is 33.3. The highest BCUT2D eigenvalue weighted by Crippen LogP contribution is 2.37. The molecule has 0 atom stereocenters. The second-order valence-corrected chi connectivity index (χ2v) is 12.3. The minimum absolute atomic E-state index is 1.06. The number of aromatic nitrogens is 4. The first-order valence-corrected chi connectivity index (χ1v) is 19.2. The van der Waals surface area contributed by atoms with Crippen LogP contribution in [0.4, 0.5) is 25.2 Å². The van der Waals surface area contributed by atoms with E-state index in [4.69, 9.17) is 86.1 Å². The smallest absolute Gasteiger partial charge is 0.299 e. The van der Waals surface area contributed by atoms with Gasteiger partial charge < -0.3 is 0 Å². The molecule has 0 aromatic carbocycles. The molecule has 2 heterocycles. The van der Waals surface area contributed by atoms with E-state index in [0.29, 0.717) is 0 Å². The number of hydrogen-bond acceptors (Lipinski definition) is 6. The van der Waals surface area contributed by atoms with E-state index >= 15 is 0 Å². The van der Waals surface area contributed by atoms with E-state index < -0.39 is 47.4 Å². The Bertz CT molecular complexity index is 1080. The minimum atomic E-state index is -5.14. The van der Waals surface area contributed by atoms with Crippen molar-refractivity contribution in [3.05, 3.63) is 37.4 Å². The van der Waals surface area contributed by atoms with E-state index in [1.807, 2.05) is 35.6 Å². The van der Waals surface area contributed by atoms with E-state index in [-0.39, 0.29) is 0 Å². The molecule has 0 saturated heterocycles. The molecule has 0 spiro atoms. The van der Waals surface area contributed by atoms with Crippen LogP contribution < -0.4 is 9.13 Å². The second kappa shape index (κ2) is 26.8. The van der Waals surface area contributed by atoms with Gasteiger partial charge in [-0.2, -0.15) is 0 Å². The summed E-state index contributed by atoms with van der Waals surface area (Å²) >= 11 is 0. The maximum atomic E-state index is 10.4. The van der Waals surface area contributed by atoms with Gasteiger partial charge in [0.2, 0.25) is 12.7 Å². The van der Waals surface area contributed by atoms with Gasteiger partial charge >= 0.3 is 47.4 Å². The number of nitrogens with zero attached hydrogens (tertiary/aromatic N) is 4. The summed E-state index contributed by atoms with van der Waals surface area (Å²) in [5.74, 6) is 0. The van der Waals surface area contributed by atoms with Gasteiger partial charge in [0.25, 0.3) is 0 Å².